The predicted molar refractivity (Wildman–Crippen MR) is 101 cm³/mol. The van der Waals surface area contributed by atoms with Gasteiger partial charge in [-0.3, -0.25) is 19.5 Å². The van der Waals surface area contributed by atoms with Crippen molar-refractivity contribution in [2.24, 2.45) is 0 Å². The highest BCUT2D eigenvalue weighted by Gasteiger charge is 2.26. The van der Waals surface area contributed by atoms with Crippen molar-refractivity contribution in [2.75, 3.05) is 23.3 Å². The van der Waals surface area contributed by atoms with Gasteiger partial charge in [-0.15, -0.1) is 0 Å². The van der Waals surface area contributed by atoms with Crippen LogP contribution < -0.4 is 20.9 Å². The lowest BCUT2D eigenvalue weighted by molar-refractivity contribution is -0.121. The van der Waals surface area contributed by atoms with Crippen molar-refractivity contribution >= 4 is 29.2 Å². The minimum absolute atomic E-state index is 0.0325. The number of rotatable bonds is 6. The Kier molecular flexibility index (Phi) is 5.98. The van der Waals surface area contributed by atoms with E-state index in [1.54, 1.807) is 30.6 Å². The summed E-state index contributed by atoms with van der Waals surface area (Å²) in [5, 5.41) is 8.33. The molecule has 0 saturated heterocycles. The molecule has 0 atom stereocenters. The molecule has 0 bridgehead atoms. The van der Waals surface area contributed by atoms with Gasteiger partial charge in [0.1, 0.15) is 6.54 Å². The number of amides is 4. The quantitative estimate of drug-likeness (QED) is 0.675. The zero-order valence-electron chi connectivity index (χ0n) is 14.8. The van der Waals surface area contributed by atoms with Crippen LogP contribution in [0.4, 0.5) is 16.2 Å². The van der Waals surface area contributed by atoms with Crippen molar-refractivity contribution in [3.63, 3.8) is 0 Å². The first kappa shape index (κ1) is 18.4. The van der Waals surface area contributed by atoms with Gasteiger partial charge in [0.2, 0.25) is 11.8 Å². The van der Waals surface area contributed by atoms with Crippen LogP contribution in [0.2, 0.25) is 0 Å². The average molecular weight is 367 g/mol. The number of aromatic nitrogens is 1. The number of carbonyl (C=O) groups excluding carboxylic acids is 3. The largest absolute Gasteiger partial charge is 0.352 e. The van der Waals surface area contributed by atoms with Gasteiger partial charge in [0.25, 0.3) is 0 Å². The molecule has 2 heterocycles. The summed E-state index contributed by atoms with van der Waals surface area (Å²) in [4.78, 5) is 41.3. The molecule has 0 saturated carbocycles. The Bertz CT molecular complexity index is 825. The monoisotopic (exact) mass is 367 g/mol. The fourth-order valence-electron chi connectivity index (χ4n) is 2.74. The lowest BCUT2D eigenvalue weighted by Crippen LogP contribution is -2.47. The number of benzene rings is 1. The number of pyridine rings is 1. The van der Waals surface area contributed by atoms with Crippen LogP contribution in [0, 0.1) is 0 Å². The zero-order valence-corrected chi connectivity index (χ0v) is 14.8. The molecule has 8 heteroatoms. The van der Waals surface area contributed by atoms with E-state index in [9.17, 15) is 14.4 Å². The van der Waals surface area contributed by atoms with Gasteiger partial charge in [0.05, 0.1) is 11.4 Å². The molecule has 4 amide bonds. The molecule has 1 aromatic heterocycles. The van der Waals surface area contributed by atoms with Gasteiger partial charge in [-0.25, -0.2) is 4.79 Å². The van der Waals surface area contributed by atoms with Crippen molar-refractivity contribution in [1.82, 2.24) is 15.6 Å². The molecule has 0 radical (unpaired) electrons. The van der Waals surface area contributed by atoms with E-state index in [0.29, 0.717) is 37.3 Å². The fourth-order valence-corrected chi connectivity index (χ4v) is 2.74. The number of nitrogens with zero attached hydrogens (tertiary/aromatic N) is 2. The number of carbonyl (C=O) groups is 3. The topological polar surface area (TPSA) is 103 Å². The van der Waals surface area contributed by atoms with Gasteiger partial charge in [0.15, 0.2) is 0 Å². The Hall–Kier alpha value is -3.42. The molecule has 0 aliphatic carbocycles. The average Bonchev–Trinajstić information content (AvgIpc) is 2.69. The molecule has 1 aromatic carbocycles. The van der Waals surface area contributed by atoms with Crippen LogP contribution in [0.25, 0.3) is 0 Å². The summed E-state index contributed by atoms with van der Waals surface area (Å²) in [6.45, 7) is 0.768. The van der Waals surface area contributed by atoms with Crippen molar-refractivity contribution in [3.8, 4) is 0 Å². The van der Waals surface area contributed by atoms with Crippen LogP contribution in [0.15, 0.2) is 48.8 Å². The molecule has 3 N–H and O–H groups in total. The van der Waals surface area contributed by atoms with Crippen LogP contribution in [0.1, 0.15) is 18.4 Å². The van der Waals surface area contributed by atoms with Crippen LogP contribution in [0.3, 0.4) is 0 Å². The number of hydrogen-bond acceptors (Lipinski definition) is 4. The van der Waals surface area contributed by atoms with Crippen molar-refractivity contribution in [1.29, 1.82) is 0 Å². The van der Waals surface area contributed by atoms with Gasteiger partial charge in [-0.2, -0.15) is 0 Å². The van der Waals surface area contributed by atoms with Gasteiger partial charge in [0, 0.05) is 31.9 Å². The highest BCUT2D eigenvalue weighted by Crippen LogP contribution is 2.28. The third kappa shape index (κ3) is 5.04. The predicted octanol–water partition coefficient (Wildman–Crippen LogP) is 1.65. The number of anilines is 2. The SMILES string of the molecule is O=C(CCCNC(=O)N1CC(=O)Nc2ccccc21)NCc1ccncc1. The van der Waals surface area contributed by atoms with E-state index < -0.39 is 0 Å². The second-order valence-corrected chi connectivity index (χ2v) is 6.12. The van der Waals surface area contributed by atoms with Gasteiger partial charge in [-0.05, 0) is 36.2 Å². The molecule has 3 rings (SSSR count). The van der Waals surface area contributed by atoms with E-state index in [1.165, 1.54) is 4.90 Å². The first-order chi connectivity index (χ1) is 13.1. The summed E-state index contributed by atoms with van der Waals surface area (Å²) < 4.78 is 0. The Morgan fingerprint density at radius 2 is 1.89 bits per heavy atom. The maximum atomic E-state index is 12.4. The smallest absolute Gasteiger partial charge is 0.322 e. The van der Waals surface area contributed by atoms with E-state index in [0.717, 1.165) is 5.56 Å². The second kappa shape index (κ2) is 8.79. The van der Waals surface area contributed by atoms with Crippen molar-refractivity contribution < 1.29 is 14.4 Å². The van der Waals surface area contributed by atoms with E-state index in [4.69, 9.17) is 0 Å². The Morgan fingerprint density at radius 1 is 1.11 bits per heavy atom. The maximum Gasteiger partial charge on any atom is 0.322 e. The standard InChI is InChI=1S/C19H21N5O3/c25-17(22-12-14-7-10-20-11-8-14)6-3-9-21-19(27)24-13-18(26)23-15-4-1-2-5-16(15)24/h1-2,4-5,7-8,10-11H,3,6,9,12-13H2,(H,21,27)(H,22,25)(H,23,26). The number of fused-ring (bicyclic) bond motifs is 1. The lowest BCUT2D eigenvalue weighted by atomic mass is 10.2. The summed E-state index contributed by atoms with van der Waals surface area (Å²) in [6.07, 6.45) is 4.17. The van der Waals surface area contributed by atoms with E-state index in [-0.39, 0.29) is 24.4 Å². The van der Waals surface area contributed by atoms with E-state index in [2.05, 4.69) is 20.9 Å². The van der Waals surface area contributed by atoms with Crippen molar-refractivity contribution in [3.05, 3.63) is 54.4 Å². The minimum atomic E-state index is -0.352. The summed E-state index contributed by atoms with van der Waals surface area (Å²) in [6, 6.07) is 10.5. The number of hydrogen-bond donors (Lipinski definition) is 3. The van der Waals surface area contributed by atoms with Gasteiger partial charge < -0.3 is 16.0 Å². The normalized spacial score (nSPS) is 12.7. The summed E-state index contributed by atoms with van der Waals surface area (Å²) in [5.41, 5.74) is 2.25. The molecule has 8 nitrogen and oxygen atoms in total. The van der Waals surface area contributed by atoms with Crippen LogP contribution in [0.5, 0.6) is 0 Å². The molecule has 1 aliphatic heterocycles. The minimum Gasteiger partial charge on any atom is -0.352 e. The lowest BCUT2D eigenvalue weighted by Gasteiger charge is -2.29. The molecule has 2 aromatic rings. The van der Waals surface area contributed by atoms with Gasteiger partial charge >= 0.3 is 6.03 Å². The van der Waals surface area contributed by atoms with Crippen LogP contribution in [-0.2, 0) is 16.1 Å². The number of para-hydroxylation sites is 2. The molecule has 1 aliphatic rings. The third-order valence-corrected chi connectivity index (χ3v) is 4.11. The second-order valence-electron chi connectivity index (χ2n) is 6.12. The number of nitrogens with one attached hydrogen (secondary N) is 3. The van der Waals surface area contributed by atoms with E-state index >= 15 is 0 Å². The Morgan fingerprint density at radius 3 is 2.70 bits per heavy atom. The zero-order chi connectivity index (χ0) is 19.1. The van der Waals surface area contributed by atoms with Crippen LogP contribution >= 0.6 is 0 Å². The molecular formula is C19H21N5O3. The van der Waals surface area contributed by atoms with Crippen molar-refractivity contribution in [2.45, 2.75) is 19.4 Å². The molecular weight excluding hydrogens is 346 g/mol. The molecule has 0 unspecified atom stereocenters. The first-order valence-electron chi connectivity index (χ1n) is 8.73. The summed E-state index contributed by atoms with van der Waals surface area (Å²) >= 11 is 0. The Balaban J connectivity index is 1.41. The molecule has 140 valence electrons. The number of urea groups is 1. The van der Waals surface area contributed by atoms with Crippen LogP contribution in [-0.4, -0.2) is 35.9 Å². The first-order valence-corrected chi connectivity index (χ1v) is 8.73. The highest BCUT2D eigenvalue weighted by molar-refractivity contribution is 6.09. The molecule has 0 spiro atoms. The fraction of sp³-hybridized carbons (Fsp3) is 0.263. The van der Waals surface area contributed by atoms with E-state index in [1.807, 2.05) is 18.2 Å². The molecule has 27 heavy (non-hydrogen) atoms. The Labute approximate surface area is 157 Å². The van der Waals surface area contributed by atoms with Gasteiger partial charge in [-0.1, -0.05) is 12.1 Å². The molecule has 0 fully saturated rings. The summed E-state index contributed by atoms with van der Waals surface area (Å²) in [7, 11) is 0. The maximum absolute atomic E-state index is 12.4. The third-order valence-electron chi connectivity index (χ3n) is 4.11. The summed E-state index contributed by atoms with van der Waals surface area (Å²) in [5.74, 6) is -0.317. The highest BCUT2D eigenvalue weighted by atomic mass is 16.2.